The molecule has 2 unspecified atom stereocenters. The predicted octanol–water partition coefficient (Wildman–Crippen LogP) is 2.06. The molecule has 0 spiro atoms. The Hall–Kier alpha value is -0.130. The molecule has 0 saturated carbocycles. The van der Waals surface area contributed by atoms with Crippen LogP contribution in [0.25, 0.3) is 0 Å². The van der Waals surface area contributed by atoms with E-state index in [1.54, 1.807) is 23.1 Å². The first kappa shape index (κ1) is 10.9. The molecule has 0 aliphatic heterocycles. The van der Waals surface area contributed by atoms with Crippen molar-refractivity contribution in [3.63, 3.8) is 0 Å². The fraction of sp³-hybridized carbons (Fsp3) is 0.750. The van der Waals surface area contributed by atoms with Crippen LogP contribution in [-0.4, -0.2) is 21.5 Å². The van der Waals surface area contributed by atoms with Gasteiger partial charge in [-0.3, -0.25) is 0 Å². The molecule has 3 nitrogen and oxygen atoms in total. The van der Waals surface area contributed by atoms with Crippen LogP contribution < -0.4 is 5.73 Å². The van der Waals surface area contributed by atoms with Gasteiger partial charge in [-0.15, -0.1) is 10.2 Å². The van der Waals surface area contributed by atoms with Gasteiger partial charge in [-0.1, -0.05) is 30.0 Å². The third kappa shape index (κ3) is 4.06. The maximum Gasteiger partial charge on any atom is 0.174 e. The fourth-order valence-corrected chi connectivity index (χ4v) is 3.36. The van der Waals surface area contributed by atoms with E-state index >= 15 is 0 Å². The molecule has 0 amide bonds. The summed E-state index contributed by atoms with van der Waals surface area (Å²) in [6.45, 7) is 6.17. The number of aromatic nitrogens is 2. The summed E-state index contributed by atoms with van der Waals surface area (Å²) in [6, 6.07) is 0.261. The van der Waals surface area contributed by atoms with Gasteiger partial charge in [0.05, 0.1) is 0 Å². The van der Waals surface area contributed by atoms with Crippen LogP contribution in [0, 0.1) is 6.92 Å². The lowest BCUT2D eigenvalue weighted by atomic mass is 10.2. The van der Waals surface area contributed by atoms with Crippen molar-refractivity contribution in [3.8, 4) is 0 Å². The molecule has 0 radical (unpaired) electrons. The molecule has 1 rings (SSSR count). The summed E-state index contributed by atoms with van der Waals surface area (Å²) < 4.78 is 1.05. The maximum atomic E-state index is 5.71. The van der Waals surface area contributed by atoms with E-state index in [0.29, 0.717) is 5.25 Å². The zero-order valence-corrected chi connectivity index (χ0v) is 9.78. The third-order valence-corrected chi connectivity index (χ3v) is 3.56. The topological polar surface area (TPSA) is 51.8 Å². The third-order valence-electron chi connectivity index (χ3n) is 1.51. The minimum atomic E-state index is 0.261. The van der Waals surface area contributed by atoms with E-state index in [1.165, 1.54) is 0 Å². The van der Waals surface area contributed by atoms with Gasteiger partial charge >= 0.3 is 0 Å². The number of aryl methyl sites for hydroxylation is 1. The molecule has 5 heteroatoms. The van der Waals surface area contributed by atoms with Crippen LogP contribution in [0.3, 0.4) is 0 Å². The van der Waals surface area contributed by atoms with Crippen LogP contribution in [0.1, 0.15) is 25.3 Å². The standard InChI is InChI=1S/C8H15N3S2/c1-5(9)4-6(2)12-8-11-10-7(3)13-8/h5-6H,4,9H2,1-3H3. The summed E-state index contributed by atoms with van der Waals surface area (Å²) >= 11 is 3.40. The molecule has 0 aliphatic rings. The van der Waals surface area contributed by atoms with Crippen LogP contribution in [0.5, 0.6) is 0 Å². The van der Waals surface area contributed by atoms with Crippen LogP contribution in [0.4, 0.5) is 0 Å². The van der Waals surface area contributed by atoms with Crippen molar-refractivity contribution in [2.75, 3.05) is 0 Å². The zero-order valence-electron chi connectivity index (χ0n) is 8.15. The van der Waals surface area contributed by atoms with E-state index in [0.717, 1.165) is 15.8 Å². The largest absolute Gasteiger partial charge is 0.328 e. The molecule has 1 heterocycles. The van der Waals surface area contributed by atoms with Crippen molar-refractivity contribution < 1.29 is 0 Å². The molecular formula is C8H15N3S2. The molecule has 2 N–H and O–H groups in total. The summed E-state index contributed by atoms with van der Waals surface area (Å²) in [5.74, 6) is 0. The molecule has 0 saturated heterocycles. The zero-order chi connectivity index (χ0) is 9.84. The van der Waals surface area contributed by atoms with Crippen LogP contribution in [-0.2, 0) is 0 Å². The van der Waals surface area contributed by atoms with Gasteiger partial charge in [-0.2, -0.15) is 0 Å². The van der Waals surface area contributed by atoms with E-state index in [9.17, 15) is 0 Å². The SMILES string of the molecule is Cc1nnc(SC(C)CC(C)N)s1. The number of hydrogen-bond acceptors (Lipinski definition) is 5. The van der Waals surface area contributed by atoms with E-state index in [2.05, 4.69) is 17.1 Å². The summed E-state index contributed by atoms with van der Waals surface area (Å²) in [5.41, 5.74) is 5.71. The highest BCUT2D eigenvalue weighted by Gasteiger charge is 2.09. The number of nitrogens with zero attached hydrogens (tertiary/aromatic N) is 2. The van der Waals surface area contributed by atoms with Crippen molar-refractivity contribution in [1.82, 2.24) is 10.2 Å². The van der Waals surface area contributed by atoms with E-state index in [-0.39, 0.29) is 6.04 Å². The van der Waals surface area contributed by atoms with Gasteiger partial charge in [0.1, 0.15) is 5.01 Å². The summed E-state index contributed by atoms with van der Waals surface area (Å²) in [6.07, 6.45) is 1.02. The lowest BCUT2D eigenvalue weighted by molar-refractivity contribution is 0.662. The molecular weight excluding hydrogens is 202 g/mol. The maximum absolute atomic E-state index is 5.71. The van der Waals surface area contributed by atoms with Crippen molar-refractivity contribution in [3.05, 3.63) is 5.01 Å². The normalized spacial score (nSPS) is 15.7. The van der Waals surface area contributed by atoms with Crippen molar-refractivity contribution in [2.24, 2.45) is 5.73 Å². The Balaban J connectivity index is 2.40. The monoisotopic (exact) mass is 217 g/mol. The van der Waals surface area contributed by atoms with Gasteiger partial charge in [-0.05, 0) is 20.3 Å². The number of rotatable bonds is 4. The fourth-order valence-electron chi connectivity index (χ4n) is 1.07. The lowest BCUT2D eigenvalue weighted by Gasteiger charge is -2.10. The Morgan fingerprint density at radius 1 is 1.46 bits per heavy atom. The minimum absolute atomic E-state index is 0.261. The first-order valence-electron chi connectivity index (χ1n) is 4.30. The van der Waals surface area contributed by atoms with E-state index in [4.69, 9.17) is 5.73 Å². The van der Waals surface area contributed by atoms with Crippen LogP contribution >= 0.6 is 23.1 Å². The Labute approximate surface area is 87.1 Å². The summed E-state index contributed by atoms with van der Waals surface area (Å²) in [4.78, 5) is 0. The summed E-state index contributed by atoms with van der Waals surface area (Å²) in [5, 5.41) is 9.56. The minimum Gasteiger partial charge on any atom is -0.328 e. The molecule has 0 bridgehead atoms. The van der Waals surface area contributed by atoms with Crippen molar-refractivity contribution in [1.29, 1.82) is 0 Å². The Morgan fingerprint density at radius 2 is 2.15 bits per heavy atom. The predicted molar refractivity (Wildman–Crippen MR) is 58.2 cm³/mol. The lowest BCUT2D eigenvalue weighted by Crippen LogP contribution is -2.19. The average molecular weight is 217 g/mol. The molecule has 0 aromatic carbocycles. The quantitative estimate of drug-likeness (QED) is 0.784. The molecule has 1 aromatic heterocycles. The van der Waals surface area contributed by atoms with Gasteiger partial charge in [0.15, 0.2) is 4.34 Å². The van der Waals surface area contributed by atoms with Crippen molar-refractivity contribution in [2.45, 2.75) is 42.8 Å². The molecule has 74 valence electrons. The van der Waals surface area contributed by atoms with Gasteiger partial charge in [0.2, 0.25) is 0 Å². The second-order valence-corrected chi connectivity index (χ2v) is 6.10. The summed E-state index contributed by atoms with van der Waals surface area (Å²) in [7, 11) is 0. The molecule has 13 heavy (non-hydrogen) atoms. The molecule has 0 aliphatic carbocycles. The van der Waals surface area contributed by atoms with E-state index < -0.39 is 0 Å². The van der Waals surface area contributed by atoms with Crippen LogP contribution in [0.15, 0.2) is 4.34 Å². The number of hydrogen-bond donors (Lipinski definition) is 1. The highest BCUT2D eigenvalue weighted by Crippen LogP contribution is 2.27. The first-order chi connectivity index (χ1) is 6.08. The Kier molecular flexibility index (Phi) is 4.15. The van der Waals surface area contributed by atoms with Gasteiger partial charge in [-0.25, -0.2) is 0 Å². The number of nitrogens with two attached hydrogens (primary N) is 1. The number of thioether (sulfide) groups is 1. The second-order valence-electron chi connectivity index (χ2n) is 3.23. The van der Waals surface area contributed by atoms with Gasteiger partial charge in [0, 0.05) is 11.3 Å². The first-order valence-corrected chi connectivity index (χ1v) is 6.00. The van der Waals surface area contributed by atoms with Gasteiger partial charge in [0.25, 0.3) is 0 Å². The molecule has 2 atom stereocenters. The molecule has 1 aromatic rings. The molecule has 0 fully saturated rings. The van der Waals surface area contributed by atoms with Crippen molar-refractivity contribution >= 4 is 23.1 Å². The second kappa shape index (κ2) is 4.93. The Morgan fingerprint density at radius 3 is 2.62 bits per heavy atom. The smallest absolute Gasteiger partial charge is 0.174 e. The highest BCUT2D eigenvalue weighted by molar-refractivity contribution is 8.01. The van der Waals surface area contributed by atoms with Crippen LogP contribution in [0.2, 0.25) is 0 Å². The van der Waals surface area contributed by atoms with E-state index in [1.807, 2.05) is 13.8 Å². The average Bonchev–Trinajstić information content (AvgIpc) is 2.33. The van der Waals surface area contributed by atoms with Gasteiger partial charge < -0.3 is 5.73 Å². The Bertz CT molecular complexity index is 260. The highest BCUT2D eigenvalue weighted by atomic mass is 32.2.